The van der Waals surface area contributed by atoms with Crippen LogP contribution in [-0.4, -0.2) is 16.1 Å². The minimum Gasteiger partial charge on any atom is -0.346 e. The van der Waals surface area contributed by atoms with Gasteiger partial charge < -0.3 is 5.32 Å². The molecular formula is C17H14ClN3OS2. The van der Waals surface area contributed by atoms with Gasteiger partial charge in [0.2, 0.25) is 5.01 Å². The summed E-state index contributed by atoms with van der Waals surface area (Å²) < 4.78 is 0. The van der Waals surface area contributed by atoms with Gasteiger partial charge in [-0.05, 0) is 29.8 Å². The molecule has 3 aromatic rings. The van der Waals surface area contributed by atoms with E-state index in [1.54, 1.807) is 11.8 Å². The molecule has 1 N–H and O–H groups in total. The summed E-state index contributed by atoms with van der Waals surface area (Å²) in [5.74, 6) is 0.477. The Kier molecular flexibility index (Phi) is 5.85. The average Bonchev–Trinajstić information content (AvgIpc) is 3.09. The van der Waals surface area contributed by atoms with Crippen molar-refractivity contribution in [2.45, 2.75) is 17.2 Å². The number of hydrogen-bond acceptors (Lipinski definition) is 5. The van der Waals surface area contributed by atoms with Crippen molar-refractivity contribution in [2.75, 3.05) is 0 Å². The maximum atomic E-state index is 12.1. The molecule has 1 amide bonds. The summed E-state index contributed by atoms with van der Waals surface area (Å²) in [6.45, 7) is 0.480. The van der Waals surface area contributed by atoms with E-state index in [0.29, 0.717) is 22.3 Å². The number of halogens is 1. The fraction of sp³-hybridized carbons (Fsp3) is 0.118. The van der Waals surface area contributed by atoms with Gasteiger partial charge in [-0.15, -0.1) is 22.0 Å². The van der Waals surface area contributed by atoms with E-state index in [9.17, 15) is 4.79 Å². The third-order valence-electron chi connectivity index (χ3n) is 3.13. The third-order valence-corrected chi connectivity index (χ3v) is 5.51. The SMILES string of the molecule is O=C(NCc1ccccc1)c1nnc(CSc2ccc(Cl)cc2)s1. The van der Waals surface area contributed by atoms with Crippen LogP contribution in [0.5, 0.6) is 0 Å². The maximum absolute atomic E-state index is 12.1. The molecular weight excluding hydrogens is 362 g/mol. The first-order valence-corrected chi connectivity index (χ1v) is 9.41. The molecule has 0 fully saturated rings. The Morgan fingerprint density at radius 2 is 1.83 bits per heavy atom. The molecule has 2 aromatic carbocycles. The molecule has 0 saturated heterocycles. The predicted octanol–water partition coefficient (Wildman–Crippen LogP) is 4.41. The van der Waals surface area contributed by atoms with Crippen molar-refractivity contribution in [1.82, 2.24) is 15.5 Å². The highest BCUT2D eigenvalue weighted by molar-refractivity contribution is 7.98. The Morgan fingerprint density at radius 1 is 1.08 bits per heavy atom. The van der Waals surface area contributed by atoms with Gasteiger partial charge in [0.1, 0.15) is 5.01 Å². The molecule has 1 aromatic heterocycles. The van der Waals surface area contributed by atoms with Crippen molar-refractivity contribution in [1.29, 1.82) is 0 Å². The first-order valence-electron chi connectivity index (χ1n) is 7.23. The van der Waals surface area contributed by atoms with Crippen molar-refractivity contribution in [2.24, 2.45) is 0 Å². The summed E-state index contributed by atoms with van der Waals surface area (Å²) in [7, 11) is 0. The topological polar surface area (TPSA) is 54.9 Å². The molecule has 4 nitrogen and oxygen atoms in total. The first-order chi connectivity index (χ1) is 11.7. The molecule has 7 heteroatoms. The van der Waals surface area contributed by atoms with Crippen LogP contribution in [0.2, 0.25) is 5.02 Å². The van der Waals surface area contributed by atoms with E-state index in [2.05, 4.69) is 15.5 Å². The van der Waals surface area contributed by atoms with Crippen LogP contribution < -0.4 is 5.32 Å². The Labute approximate surface area is 153 Å². The van der Waals surface area contributed by atoms with E-state index < -0.39 is 0 Å². The molecule has 0 aliphatic heterocycles. The molecule has 0 unspecified atom stereocenters. The lowest BCUT2D eigenvalue weighted by Gasteiger charge is -2.02. The smallest absolute Gasteiger partial charge is 0.282 e. The van der Waals surface area contributed by atoms with E-state index in [0.717, 1.165) is 15.5 Å². The standard InChI is InChI=1S/C17H14ClN3OS2/c18-13-6-8-14(9-7-13)23-11-15-20-21-17(24-15)16(22)19-10-12-4-2-1-3-5-12/h1-9H,10-11H2,(H,19,22). The number of nitrogens with one attached hydrogen (secondary N) is 1. The van der Waals surface area contributed by atoms with Gasteiger partial charge in [0.25, 0.3) is 5.91 Å². The van der Waals surface area contributed by atoms with Crippen LogP contribution >= 0.6 is 34.7 Å². The fourth-order valence-electron chi connectivity index (χ4n) is 1.93. The Hall–Kier alpha value is -1.89. The van der Waals surface area contributed by atoms with Crippen LogP contribution in [0.3, 0.4) is 0 Å². The summed E-state index contributed by atoms with van der Waals surface area (Å²) >= 11 is 8.82. The van der Waals surface area contributed by atoms with E-state index in [1.165, 1.54) is 11.3 Å². The zero-order valence-corrected chi connectivity index (χ0v) is 15.0. The highest BCUT2D eigenvalue weighted by atomic mass is 35.5. The van der Waals surface area contributed by atoms with Crippen molar-refractivity contribution >= 4 is 40.6 Å². The number of carbonyl (C=O) groups is 1. The van der Waals surface area contributed by atoms with E-state index in [-0.39, 0.29) is 5.91 Å². The van der Waals surface area contributed by atoms with Gasteiger partial charge in [-0.2, -0.15) is 0 Å². The van der Waals surface area contributed by atoms with Crippen LogP contribution in [0, 0.1) is 0 Å². The van der Waals surface area contributed by atoms with Gasteiger partial charge in [0.05, 0.1) is 5.75 Å². The minimum atomic E-state index is -0.195. The van der Waals surface area contributed by atoms with Gasteiger partial charge in [-0.3, -0.25) is 4.79 Å². The number of aromatic nitrogens is 2. The molecule has 0 aliphatic carbocycles. The van der Waals surface area contributed by atoms with Gasteiger partial charge in [-0.25, -0.2) is 0 Å². The predicted molar refractivity (Wildman–Crippen MR) is 98.5 cm³/mol. The molecule has 0 bridgehead atoms. The highest BCUT2D eigenvalue weighted by Gasteiger charge is 2.12. The second kappa shape index (κ2) is 8.28. The molecule has 0 atom stereocenters. The summed E-state index contributed by atoms with van der Waals surface area (Å²) in [4.78, 5) is 13.2. The number of hydrogen-bond donors (Lipinski definition) is 1. The molecule has 3 rings (SSSR count). The van der Waals surface area contributed by atoms with Crippen LogP contribution in [0.15, 0.2) is 59.5 Å². The van der Waals surface area contributed by atoms with E-state index in [4.69, 9.17) is 11.6 Å². The molecule has 0 spiro atoms. The first kappa shape index (κ1) is 17.0. The van der Waals surface area contributed by atoms with Crippen LogP contribution in [0.25, 0.3) is 0 Å². The van der Waals surface area contributed by atoms with Gasteiger partial charge >= 0.3 is 0 Å². The summed E-state index contributed by atoms with van der Waals surface area (Å²) in [5, 5.41) is 12.8. The Bertz CT molecular complexity index is 806. The number of benzene rings is 2. The highest BCUT2D eigenvalue weighted by Crippen LogP contribution is 2.25. The van der Waals surface area contributed by atoms with Crippen molar-refractivity contribution in [3.63, 3.8) is 0 Å². The summed E-state index contributed by atoms with van der Waals surface area (Å²) in [6, 6.07) is 17.4. The van der Waals surface area contributed by atoms with Crippen LogP contribution in [0.1, 0.15) is 20.4 Å². The lowest BCUT2D eigenvalue weighted by atomic mass is 10.2. The van der Waals surface area contributed by atoms with E-state index in [1.807, 2.05) is 54.6 Å². The molecule has 0 saturated carbocycles. The fourth-order valence-corrected chi connectivity index (χ4v) is 3.70. The zero-order chi connectivity index (χ0) is 16.8. The monoisotopic (exact) mass is 375 g/mol. The zero-order valence-electron chi connectivity index (χ0n) is 12.6. The second-order valence-corrected chi connectivity index (χ2v) is 7.46. The number of carbonyl (C=O) groups excluding carboxylic acids is 1. The summed E-state index contributed by atoms with van der Waals surface area (Å²) in [6.07, 6.45) is 0. The van der Waals surface area contributed by atoms with Crippen molar-refractivity contribution in [3.05, 3.63) is 75.2 Å². The third kappa shape index (κ3) is 4.80. The molecule has 0 aliphatic rings. The normalized spacial score (nSPS) is 10.5. The number of thioether (sulfide) groups is 1. The Morgan fingerprint density at radius 3 is 2.58 bits per heavy atom. The molecule has 122 valence electrons. The lowest BCUT2D eigenvalue weighted by molar-refractivity contribution is 0.0950. The van der Waals surface area contributed by atoms with Gasteiger partial charge in [0, 0.05) is 16.5 Å². The van der Waals surface area contributed by atoms with Gasteiger partial charge in [0.15, 0.2) is 0 Å². The quantitative estimate of drug-likeness (QED) is 0.648. The average molecular weight is 376 g/mol. The molecule has 1 heterocycles. The van der Waals surface area contributed by atoms with E-state index >= 15 is 0 Å². The summed E-state index contributed by atoms with van der Waals surface area (Å²) in [5.41, 5.74) is 1.05. The number of nitrogens with zero attached hydrogens (tertiary/aromatic N) is 2. The van der Waals surface area contributed by atoms with Gasteiger partial charge in [-0.1, -0.05) is 53.3 Å². The largest absolute Gasteiger partial charge is 0.346 e. The van der Waals surface area contributed by atoms with Crippen LogP contribution in [-0.2, 0) is 12.3 Å². The van der Waals surface area contributed by atoms with Crippen molar-refractivity contribution < 1.29 is 4.79 Å². The van der Waals surface area contributed by atoms with Crippen molar-refractivity contribution in [3.8, 4) is 0 Å². The number of amides is 1. The lowest BCUT2D eigenvalue weighted by Crippen LogP contribution is -2.22. The minimum absolute atomic E-state index is 0.195. The number of rotatable bonds is 6. The molecule has 24 heavy (non-hydrogen) atoms. The van der Waals surface area contributed by atoms with Crippen LogP contribution in [0.4, 0.5) is 0 Å². The maximum Gasteiger partial charge on any atom is 0.282 e. The Balaban J connectivity index is 1.52. The molecule has 0 radical (unpaired) electrons. The second-order valence-electron chi connectivity index (χ2n) is 4.91.